The molecule has 0 N–H and O–H groups in total. The molecular weight excluding hydrogens is 822 g/mol. The average molecular weight is 872 g/mol. The van der Waals surface area contributed by atoms with Crippen molar-refractivity contribution in [2.45, 2.75) is 26.2 Å². The molecule has 0 bridgehead atoms. The zero-order valence-corrected chi connectivity index (χ0v) is 38.6. The summed E-state index contributed by atoms with van der Waals surface area (Å²) in [6, 6.07) is 92.0. The van der Waals surface area contributed by atoms with Gasteiger partial charge in [-0.1, -0.05) is 176 Å². The highest BCUT2D eigenvalue weighted by Crippen LogP contribution is 2.50. The summed E-state index contributed by atoms with van der Waals surface area (Å²) < 4.78 is 0. The summed E-state index contributed by atoms with van der Waals surface area (Å²) in [6.07, 6.45) is 0. The lowest BCUT2D eigenvalue weighted by Crippen LogP contribution is -2.61. The maximum absolute atomic E-state index is 2.54. The van der Waals surface area contributed by atoms with Crippen molar-refractivity contribution in [2.24, 2.45) is 0 Å². The third-order valence-corrected chi connectivity index (χ3v) is 14.1. The summed E-state index contributed by atoms with van der Waals surface area (Å²) in [6.45, 7) is 6.62. The molecule has 2 aliphatic rings. The zero-order valence-electron chi connectivity index (χ0n) is 38.6. The molecule has 10 aromatic carbocycles. The molecule has 0 atom stereocenters. The van der Waals surface area contributed by atoms with Crippen molar-refractivity contribution in [3.63, 3.8) is 0 Å². The van der Waals surface area contributed by atoms with Crippen LogP contribution in [0.15, 0.2) is 249 Å². The zero-order chi connectivity index (χ0) is 45.8. The van der Waals surface area contributed by atoms with Crippen LogP contribution in [0, 0.1) is 20.8 Å². The minimum atomic E-state index is -0.565. The van der Waals surface area contributed by atoms with Crippen LogP contribution < -0.4 is 31.1 Å². The Morgan fingerprint density at radius 3 is 1.19 bits per heavy atom. The number of fused-ring (bicyclic) bond motifs is 4. The number of hydrogen-bond acceptors (Lipinski definition) is 3. The van der Waals surface area contributed by atoms with E-state index in [9.17, 15) is 0 Å². The molecule has 68 heavy (non-hydrogen) atoms. The van der Waals surface area contributed by atoms with Crippen molar-refractivity contribution in [2.75, 3.05) is 14.7 Å². The van der Waals surface area contributed by atoms with Crippen LogP contribution in [0.25, 0.3) is 0 Å². The van der Waals surface area contributed by atoms with Gasteiger partial charge in [0.25, 0.3) is 6.71 Å². The number of aryl methyl sites for hydroxylation is 3. The van der Waals surface area contributed by atoms with Crippen LogP contribution in [0.2, 0.25) is 0 Å². The van der Waals surface area contributed by atoms with Crippen molar-refractivity contribution < 1.29 is 0 Å². The fourth-order valence-corrected chi connectivity index (χ4v) is 11.2. The SMILES string of the molecule is Cc1cccc(N2c3cc(C)ccc3B3c4ccc(C)cc4N(c4ccc(C(c5ccccc5)(c5ccccc5)c5ccccc5)cc4)c4cc(N(c5ccccc5)c5ccccc5)cc2c43)c1. The van der Waals surface area contributed by atoms with Gasteiger partial charge in [0, 0.05) is 45.5 Å². The predicted molar refractivity (Wildman–Crippen MR) is 288 cm³/mol. The van der Waals surface area contributed by atoms with Gasteiger partial charge in [0.15, 0.2) is 0 Å². The quantitative estimate of drug-likeness (QED) is 0.106. The molecule has 0 saturated carbocycles. The maximum Gasteiger partial charge on any atom is 0.252 e. The molecule has 2 aliphatic heterocycles. The Hall–Kier alpha value is -8.34. The van der Waals surface area contributed by atoms with Gasteiger partial charge < -0.3 is 14.7 Å². The minimum Gasteiger partial charge on any atom is -0.311 e. The largest absolute Gasteiger partial charge is 0.311 e. The van der Waals surface area contributed by atoms with Gasteiger partial charge >= 0.3 is 0 Å². The van der Waals surface area contributed by atoms with E-state index in [0.29, 0.717) is 0 Å². The summed E-state index contributed by atoms with van der Waals surface area (Å²) >= 11 is 0. The lowest BCUT2D eigenvalue weighted by atomic mass is 9.33. The Morgan fingerprint density at radius 1 is 0.324 bits per heavy atom. The normalized spacial score (nSPS) is 12.5. The van der Waals surface area contributed by atoms with E-state index in [1.54, 1.807) is 0 Å². The molecule has 0 saturated heterocycles. The highest BCUT2D eigenvalue weighted by molar-refractivity contribution is 7.00. The van der Waals surface area contributed by atoms with Crippen LogP contribution in [0.3, 0.4) is 0 Å². The molecule has 0 fully saturated rings. The Morgan fingerprint density at radius 2 is 0.735 bits per heavy atom. The van der Waals surface area contributed by atoms with E-state index in [1.807, 2.05) is 0 Å². The number of para-hydroxylation sites is 2. The van der Waals surface area contributed by atoms with E-state index in [4.69, 9.17) is 0 Å². The number of anilines is 9. The third-order valence-electron chi connectivity index (χ3n) is 14.1. The summed E-state index contributed by atoms with van der Waals surface area (Å²) in [5.41, 5.74) is 22.1. The van der Waals surface area contributed by atoms with Gasteiger partial charge in [-0.2, -0.15) is 0 Å². The highest BCUT2D eigenvalue weighted by atomic mass is 15.2. The number of hydrogen-bond donors (Lipinski definition) is 0. The molecule has 0 unspecified atom stereocenters. The fourth-order valence-electron chi connectivity index (χ4n) is 11.2. The number of rotatable bonds is 9. The second-order valence-corrected chi connectivity index (χ2v) is 18.4. The number of benzene rings is 10. The Bertz CT molecular complexity index is 3290. The van der Waals surface area contributed by atoms with Crippen LogP contribution >= 0.6 is 0 Å². The first-order chi connectivity index (χ1) is 33.5. The lowest BCUT2D eigenvalue weighted by molar-refractivity contribution is 0.745. The smallest absolute Gasteiger partial charge is 0.252 e. The van der Waals surface area contributed by atoms with Gasteiger partial charge in [0.1, 0.15) is 0 Å². The summed E-state index contributed by atoms with van der Waals surface area (Å²) in [5, 5.41) is 0. The van der Waals surface area contributed by atoms with E-state index >= 15 is 0 Å². The monoisotopic (exact) mass is 871 g/mol. The van der Waals surface area contributed by atoms with Crippen molar-refractivity contribution in [1.29, 1.82) is 0 Å². The first kappa shape index (κ1) is 41.1. The van der Waals surface area contributed by atoms with Crippen molar-refractivity contribution in [1.82, 2.24) is 0 Å². The van der Waals surface area contributed by atoms with Gasteiger partial charge in [-0.15, -0.1) is 0 Å². The van der Waals surface area contributed by atoms with Crippen LogP contribution in [-0.2, 0) is 5.41 Å². The van der Waals surface area contributed by atoms with Crippen LogP contribution in [0.5, 0.6) is 0 Å². The third kappa shape index (κ3) is 6.75. The van der Waals surface area contributed by atoms with E-state index < -0.39 is 5.41 Å². The molecule has 324 valence electrons. The molecule has 12 rings (SSSR count). The Labute approximate surface area is 400 Å². The van der Waals surface area contributed by atoms with Crippen LogP contribution in [0.4, 0.5) is 51.2 Å². The summed E-state index contributed by atoms with van der Waals surface area (Å²) in [7, 11) is 0. The molecular formula is C64H50BN3. The van der Waals surface area contributed by atoms with Gasteiger partial charge in [-0.05, 0) is 149 Å². The molecule has 3 nitrogen and oxygen atoms in total. The molecule has 10 aromatic rings. The van der Waals surface area contributed by atoms with E-state index in [1.165, 1.54) is 72.4 Å². The summed E-state index contributed by atoms with van der Waals surface area (Å²) in [5.74, 6) is 0. The van der Waals surface area contributed by atoms with Crippen LogP contribution in [0.1, 0.15) is 38.9 Å². The minimum absolute atomic E-state index is 0.000578. The molecule has 4 heteroatoms. The maximum atomic E-state index is 2.54. The molecule has 0 radical (unpaired) electrons. The van der Waals surface area contributed by atoms with Gasteiger partial charge in [0.05, 0.1) is 11.1 Å². The number of nitrogens with zero attached hydrogens (tertiary/aromatic N) is 3. The molecule has 0 amide bonds. The lowest BCUT2D eigenvalue weighted by Gasteiger charge is -2.45. The van der Waals surface area contributed by atoms with Crippen molar-refractivity contribution in [3.05, 3.63) is 288 Å². The van der Waals surface area contributed by atoms with E-state index in [2.05, 4.69) is 284 Å². The molecule has 0 spiro atoms. The topological polar surface area (TPSA) is 9.72 Å². The Kier molecular flexibility index (Phi) is 10.2. The second kappa shape index (κ2) is 16.8. The van der Waals surface area contributed by atoms with Crippen molar-refractivity contribution in [3.8, 4) is 0 Å². The first-order valence-electron chi connectivity index (χ1n) is 23.7. The molecule has 0 aromatic heterocycles. The van der Waals surface area contributed by atoms with Crippen molar-refractivity contribution >= 4 is 74.3 Å². The molecule has 0 aliphatic carbocycles. The highest BCUT2D eigenvalue weighted by Gasteiger charge is 2.45. The average Bonchev–Trinajstić information content (AvgIpc) is 3.38. The van der Waals surface area contributed by atoms with Gasteiger partial charge in [-0.3, -0.25) is 0 Å². The Balaban J connectivity index is 1.15. The second-order valence-electron chi connectivity index (χ2n) is 18.4. The van der Waals surface area contributed by atoms with E-state index in [0.717, 1.165) is 34.1 Å². The van der Waals surface area contributed by atoms with Gasteiger partial charge in [-0.25, -0.2) is 0 Å². The van der Waals surface area contributed by atoms with E-state index in [-0.39, 0.29) is 6.71 Å². The fraction of sp³-hybridized carbons (Fsp3) is 0.0625. The summed E-state index contributed by atoms with van der Waals surface area (Å²) in [4.78, 5) is 7.48. The first-order valence-corrected chi connectivity index (χ1v) is 23.7. The predicted octanol–water partition coefficient (Wildman–Crippen LogP) is 14.5. The standard InChI is InChI=1S/C64H50BN3/c1-45-20-19-31-55(40-45)68-60-42-47(3)33-39-58(60)65-57-38-32-46(2)41-59(57)67(61-43-56(44-62(68)63(61)65)66(52-27-15-7-16-28-52)53-29-17-8-18-30-53)54-36-34-51(35-37-54)64(48-21-9-4-10-22-48,49-23-11-5-12-24-49)50-25-13-6-14-26-50/h4-44H,1-3H3. The van der Waals surface area contributed by atoms with Crippen LogP contribution in [-0.4, -0.2) is 6.71 Å². The van der Waals surface area contributed by atoms with Gasteiger partial charge in [0.2, 0.25) is 0 Å². The molecule has 2 heterocycles.